The average Bonchev–Trinajstić information content (AvgIpc) is 1.25. The van der Waals surface area contributed by atoms with Crippen LogP contribution in [0.3, 0.4) is 0 Å². The number of hydrogen-bond acceptors (Lipinski definition) is 23. The summed E-state index contributed by atoms with van der Waals surface area (Å²) in [6, 6.07) is 27.4. The van der Waals surface area contributed by atoms with Crippen molar-refractivity contribution in [3.05, 3.63) is 197 Å². The van der Waals surface area contributed by atoms with E-state index >= 15 is 0 Å². The van der Waals surface area contributed by atoms with Gasteiger partial charge in [-0.25, -0.2) is 17.5 Å². The van der Waals surface area contributed by atoms with Crippen LogP contribution in [0.15, 0.2) is 129 Å². The maximum absolute atomic E-state index is 14.6. The van der Waals surface area contributed by atoms with Crippen molar-refractivity contribution in [1.29, 1.82) is 0 Å². The number of piperazine rings is 3. The van der Waals surface area contributed by atoms with E-state index in [1.807, 2.05) is 53.7 Å². The molecule has 1 N–H and O–H groups in total. The van der Waals surface area contributed by atoms with Gasteiger partial charge in [0.05, 0.1) is 65.3 Å². The number of para-hydroxylation sites is 1. The number of halogens is 1. The van der Waals surface area contributed by atoms with Gasteiger partial charge in [-0.15, -0.1) is 0 Å². The second-order valence-corrected chi connectivity index (χ2v) is 33.9. The van der Waals surface area contributed by atoms with Crippen molar-refractivity contribution in [2.24, 2.45) is 0 Å². The van der Waals surface area contributed by atoms with E-state index in [9.17, 15) is 18.8 Å². The van der Waals surface area contributed by atoms with E-state index in [4.69, 9.17) is 57.3 Å². The first-order chi connectivity index (χ1) is 59.9. The smallest absolute Gasteiger partial charge is 0.318 e. The van der Waals surface area contributed by atoms with Gasteiger partial charge in [-0.2, -0.15) is 75.5 Å². The summed E-state index contributed by atoms with van der Waals surface area (Å²) in [4.78, 5) is 105. The van der Waals surface area contributed by atoms with Crippen LogP contribution in [0.5, 0.6) is 18.0 Å². The summed E-state index contributed by atoms with van der Waals surface area (Å²) in [6.45, 7) is 46.0. The first-order valence-corrected chi connectivity index (χ1v) is 43.5. The van der Waals surface area contributed by atoms with E-state index in [1.165, 1.54) is 54.0 Å². The molecule has 9 aliphatic heterocycles. The Hall–Kier alpha value is -11.1. The minimum absolute atomic E-state index is 0. The standard InChI is InChI=1S/C32H36FN7O2.C31H36N8O2.C30H40N8O2.3H2S/c1-4-30(41)40-17-16-39(19-23(40)18-34-2)31-26-13-15-38(29-12-11-27(33)24-9-5-6-10-25(24)29)20-28(26)35-32(36-31)42-21-22-8-7-14-37(22)3;1-4-28(40)39-17-16-38(19-24(39)18-32-2)30-25-12-15-37(27-11-5-8-22-9-6-13-33-29(22)27)20-26(25)34-31(35-30)41-21-23-10-7-14-36(23)3;1-5-27(39)36-13-15-37(16-14-36)29-23-10-12-38(28-22(20(2)3)8-9-25-24(28)17-31-34-25)18-26(23)32-30(33-29)40-19-21-7-6-11-35(21)4;;;/h4-6,9-12,22-23H,1,7-8,13-21H2,3H3;4-6,8-9,11,13,23-24H,1,7,10,12,14-21H2,3H3;5,8-9,17,20-21H,1,6-7,10-16,18-19H2,2-4H3,(H,31,34);3*1H2/t22-,23?;23-,24?;21-;;;/m000.../s1. The number of nitrogens with zero attached hydrogens (tertiary/aromatic N) is 22. The van der Waals surface area contributed by atoms with Gasteiger partial charge in [-0.05, 0) is 159 Å². The number of likely N-dealkylation sites (tertiary alicyclic amines) is 3. The Morgan fingerprint density at radius 1 is 0.500 bits per heavy atom. The Labute approximate surface area is 759 Å². The highest BCUT2D eigenvalue weighted by Gasteiger charge is 2.40. The van der Waals surface area contributed by atoms with Gasteiger partial charge in [-0.1, -0.05) is 82.1 Å². The number of aromatic amines is 1. The maximum Gasteiger partial charge on any atom is 0.318 e. The fourth-order valence-electron chi connectivity index (χ4n) is 19.2. The van der Waals surface area contributed by atoms with Crippen molar-refractivity contribution in [3.8, 4) is 18.0 Å². The van der Waals surface area contributed by atoms with Crippen LogP contribution in [0.25, 0.3) is 42.3 Å². The lowest BCUT2D eigenvalue weighted by Gasteiger charge is -2.41. The van der Waals surface area contributed by atoms with Gasteiger partial charge in [0.15, 0.2) is 0 Å². The number of carbonyl (C=O) groups is 3. The van der Waals surface area contributed by atoms with Gasteiger partial charge >= 0.3 is 18.0 Å². The van der Waals surface area contributed by atoms with Crippen molar-refractivity contribution in [2.45, 2.75) is 127 Å². The predicted octanol–water partition coefficient (Wildman–Crippen LogP) is 10.8. The SMILES string of the molecule is C=CC(=O)N1CCN(c2nc(OC[C@@H]3CCCN3C)nc3c2CCN(c2c(C(C)C)ccc4[nH]ncc24)C3)CC1.S.S.S.[C-]#[N+]CC1CN(c2nc(OC[C@@H]3CCCN3C)nc3c2CCN(c2ccc(F)c4ccccc24)C3)CCN1C(=O)C=C.[C-]#[N+]CC1CN(c2nc(OC[C@@H]3CCCN3C)nc3c2CCN(c2cccc4cccnc24)C3)CCN1C(=O)C=C. The molecule has 6 fully saturated rings. The molecule has 0 radical (unpaired) electrons. The zero-order valence-corrected chi connectivity index (χ0v) is 76.0. The number of fused-ring (bicyclic) bond motifs is 6. The molecule has 0 spiro atoms. The molecular formula is C93H118FN23O6S3. The van der Waals surface area contributed by atoms with Gasteiger partial charge in [0.1, 0.15) is 55.2 Å². The third-order valence-electron chi connectivity index (χ3n) is 26.2. The normalized spacial score (nSPS) is 20.1. The number of benzene rings is 4. The molecule has 0 saturated carbocycles. The maximum atomic E-state index is 14.6. The number of rotatable bonds is 21. The summed E-state index contributed by atoms with van der Waals surface area (Å²) in [7, 11) is 6.41. The molecule has 18 rings (SSSR count). The molecule has 5 atom stereocenters. The number of amides is 3. The van der Waals surface area contributed by atoms with Crippen molar-refractivity contribution in [2.75, 3.05) is 188 Å². The van der Waals surface area contributed by atoms with Gasteiger partial charge < -0.3 is 82.7 Å². The summed E-state index contributed by atoms with van der Waals surface area (Å²) in [5, 5.41) is 11.2. The first-order valence-electron chi connectivity index (χ1n) is 43.5. The number of anilines is 6. The summed E-state index contributed by atoms with van der Waals surface area (Å²) in [5.74, 6) is 2.49. The first kappa shape index (κ1) is 92.6. The topological polar surface area (TPSA) is 245 Å². The number of aromatic nitrogens is 9. The molecule has 3 amide bonds. The van der Waals surface area contributed by atoms with E-state index < -0.39 is 0 Å². The minimum Gasteiger partial charge on any atom is -0.462 e. The van der Waals surface area contributed by atoms with Gasteiger partial charge in [0.2, 0.25) is 30.8 Å². The molecule has 14 heterocycles. The second kappa shape index (κ2) is 42.0. The van der Waals surface area contributed by atoms with Crippen molar-refractivity contribution in [3.63, 3.8) is 0 Å². The summed E-state index contributed by atoms with van der Waals surface area (Å²) in [5.41, 5.74) is 12.9. The monoisotopic (exact) mass is 1770 g/mol. The molecule has 2 unspecified atom stereocenters. The minimum atomic E-state index is -0.255. The molecule has 666 valence electrons. The Morgan fingerprint density at radius 2 is 0.968 bits per heavy atom. The van der Waals surface area contributed by atoms with Crippen LogP contribution in [0, 0.1) is 19.0 Å². The van der Waals surface area contributed by atoms with Crippen LogP contribution < -0.4 is 43.6 Å². The third-order valence-corrected chi connectivity index (χ3v) is 26.2. The Kier molecular flexibility index (Phi) is 30.9. The number of carbonyl (C=O) groups excluding carboxylic acids is 3. The van der Waals surface area contributed by atoms with Gasteiger partial charge in [-0.3, -0.25) is 24.5 Å². The van der Waals surface area contributed by atoms with E-state index in [0.717, 1.165) is 175 Å². The largest absolute Gasteiger partial charge is 0.462 e. The van der Waals surface area contributed by atoms with E-state index in [1.54, 1.807) is 9.80 Å². The number of pyridine rings is 1. The lowest BCUT2D eigenvalue weighted by molar-refractivity contribution is -0.129. The highest BCUT2D eigenvalue weighted by Crippen LogP contribution is 2.42. The number of nitrogens with one attached hydrogen (secondary N) is 1. The van der Waals surface area contributed by atoms with Crippen LogP contribution in [0.4, 0.5) is 38.9 Å². The second-order valence-electron chi connectivity index (χ2n) is 33.9. The molecule has 0 bridgehead atoms. The predicted molar refractivity (Wildman–Crippen MR) is 509 cm³/mol. The summed E-state index contributed by atoms with van der Waals surface area (Å²) in [6.07, 6.45) is 17.0. The number of likely N-dealkylation sites (N-methyl/N-ethyl adjacent to an activating group) is 3. The quantitative estimate of drug-likeness (QED) is 0.0519. The van der Waals surface area contributed by atoms with E-state index in [-0.39, 0.29) is 89.2 Å². The highest BCUT2D eigenvalue weighted by molar-refractivity contribution is 7.59. The zero-order chi connectivity index (χ0) is 85.4. The van der Waals surface area contributed by atoms with Crippen LogP contribution in [-0.4, -0.2) is 281 Å². The number of hydrogen-bond donors (Lipinski definition) is 1. The van der Waals surface area contributed by atoms with Crippen molar-refractivity contribution in [1.82, 2.24) is 74.5 Å². The van der Waals surface area contributed by atoms with Gasteiger partial charge in [0.25, 0.3) is 0 Å². The fourth-order valence-corrected chi connectivity index (χ4v) is 19.2. The van der Waals surface area contributed by atoms with Crippen LogP contribution >= 0.6 is 40.5 Å². The zero-order valence-electron chi connectivity index (χ0n) is 73.0. The fraction of sp³-hybridized carbons (Fsp3) is 0.473. The molecule has 29 nitrogen and oxygen atoms in total. The lowest BCUT2D eigenvalue weighted by Crippen LogP contribution is -2.56. The summed E-state index contributed by atoms with van der Waals surface area (Å²) >= 11 is 0. The molecule has 5 aromatic heterocycles. The lowest BCUT2D eigenvalue weighted by atomic mass is 9.96. The Morgan fingerprint density at radius 3 is 1.45 bits per heavy atom. The molecule has 33 heteroatoms. The number of H-pyrrole nitrogens is 1. The average molecular weight is 1770 g/mol. The number of ether oxygens (including phenoxy) is 3. The van der Waals surface area contributed by atoms with Crippen LogP contribution in [0.2, 0.25) is 0 Å². The molecule has 0 aliphatic carbocycles. The molecule has 6 saturated heterocycles. The molecule has 9 aliphatic rings. The molecule has 4 aromatic carbocycles. The molecule has 9 aromatic rings. The molecular weight excluding hydrogens is 1650 g/mol. The Bertz CT molecular complexity index is 5490. The van der Waals surface area contributed by atoms with E-state index in [2.05, 4.69) is 160 Å². The van der Waals surface area contributed by atoms with Crippen LogP contribution in [-0.2, 0) is 53.3 Å². The van der Waals surface area contributed by atoms with Crippen LogP contribution in [0.1, 0.15) is 97.6 Å². The third kappa shape index (κ3) is 20.2. The van der Waals surface area contributed by atoms with E-state index in [0.29, 0.717) is 146 Å². The van der Waals surface area contributed by atoms with Crippen molar-refractivity contribution >= 4 is 125 Å². The van der Waals surface area contributed by atoms with Gasteiger partial charge in [0, 0.05) is 153 Å². The van der Waals surface area contributed by atoms with Crippen molar-refractivity contribution < 1.29 is 33.0 Å². The Balaban J connectivity index is 0.000000160. The highest BCUT2D eigenvalue weighted by atomic mass is 32.1. The molecule has 126 heavy (non-hydrogen) atoms. The summed E-state index contributed by atoms with van der Waals surface area (Å²) < 4.78 is 33.4.